The highest BCUT2D eigenvalue weighted by Crippen LogP contribution is 2.36. The molecule has 0 amide bonds. The SMILES string of the molecule is Cc1cccc(-n2c(C)nnc2SC[C@@H](O)c2ccccc2C(F)(F)F)c1. The number of benzene rings is 2. The molecule has 0 spiro atoms. The zero-order valence-electron chi connectivity index (χ0n) is 14.7. The van der Waals surface area contributed by atoms with Gasteiger partial charge in [0.15, 0.2) is 5.16 Å². The van der Waals surface area contributed by atoms with Crippen molar-refractivity contribution in [1.82, 2.24) is 14.8 Å². The Morgan fingerprint density at radius 2 is 1.81 bits per heavy atom. The van der Waals surface area contributed by atoms with Gasteiger partial charge < -0.3 is 5.11 Å². The van der Waals surface area contributed by atoms with Gasteiger partial charge in [0.25, 0.3) is 0 Å². The predicted molar refractivity (Wildman–Crippen MR) is 98.0 cm³/mol. The standard InChI is InChI=1S/C19H18F3N3OS/c1-12-6-5-7-14(10-12)25-13(2)23-24-18(25)27-11-17(26)15-8-3-4-9-16(15)19(20,21)22/h3-10,17,26H,11H2,1-2H3/t17-/m1/s1. The molecule has 4 nitrogen and oxygen atoms in total. The van der Waals surface area contributed by atoms with E-state index in [1.807, 2.05) is 35.8 Å². The molecule has 0 aliphatic heterocycles. The lowest BCUT2D eigenvalue weighted by Crippen LogP contribution is -2.13. The summed E-state index contributed by atoms with van der Waals surface area (Å²) in [5, 5.41) is 19.0. The van der Waals surface area contributed by atoms with Gasteiger partial charge in [0.05, 0.1) is 11.7 Å². The first-order valence-corrected chi connectivity index (χ1v) is 9.22. The summed E-state index contributed by atoms with van der Waals surface area (Å²) >= 11 is 1.16. The van der Waals surface area contributed by atoms with E-state index in [-0.39, 0.29) is 11.3 Å². The molecule has 3 rings (SSSR count). The van der Waals surface area contributed by atoms with Crippen LogP contribution >= 0.6 is 11.8 Å². The van der Waals surface area contributed by atoms with Crippen LogP contribution in [0.2, 0.25) is 0 Å². The van der Waals surface area contributed by atoms with Crippen molar-refractivity contribution < 1.29 is 18.3 Å². The van der Waals surface area contributed by atoms with Crippen molar-refractivity contribution in [3.8, 4) is 5.69 Å². The minimum Gasteiger partial charge on any atom is -0.388 e. The molecule has 8 heteroatoms. The second-order valence-corrected chi connectivity index (χ2v) is 7.10. The lowest BCUT2D eigenvalue weighted by atomic mass is 10.0. The maximum absolute atomic E-state index is 13.2. The molecule has 0 aliphatic carbocycles. The fraction of sp³-hybridized carbons (Fsp3) is 0.263. The highest BCUT2D eigenvalue weighted by atomic mass is 32.2. The summed E-state index contributed by atoms with van der Waals surface area (Å²) in [6.07, 6.45) is -5.80. The van der Waals surface area contributed by atoms with Crippen LogP contribution in [0.5, 0.6) is 0 Å². The largest absolute Gasteiger partial charge is 0.416 e. The van der Waals surface area contributed by atoms with Crippen molar-refractivity contribution >= 4 is 11.8 Å². The smallest absolute Gasteiger partial charge is 0.388 e. The second kappa shape index (κ2) is 7.74. The van der Waals surface area contributed by atoms with E-state index in [1.165, 1.54) is 18.2 Å². The van der Waals surface area contributed by atoms with E-state index in [2.05, 4.69) is 10.2 Å². The molecule has 142 valence electrons. The number of hydrogen-bond acceptors (Lipinski definition) is 4. The van der Waals surface area contributed by atoms with Crippen molar-refractivity contribution in [2.45, 2.75) is 31.3 Å². The molecule has 0 aliphatic rings. The Hall–Kier alpha value is -2.32. The van der Waals surface area contributed by atoms with Crippen LogP contribution in [0.25, 0.3) is 5.69 Å². The third-order valence-electron chi connectivity index (χ3n) is 4.05. The fourth-order valence-electron chi connectivity index (χ4n) is 2.79. The van der Waals surface area contributed by atoms with Crippen LogP contribution in [-0.2, 0) is 6.18 Å². The Balaban J connectivity index is 1.83. The molecule has 0 radical (unpaired) electrons. The summed E-state index contributed by atoms with van der Waals surface area (Å²) in [6.45, 7) is 3.77. The topological polar surface area (TPSA) is 50.9 Å². The molecule has 0 saturated carbocycles. The number of aryl methyl sites for hydroxylation is 2. The van der Waals surface area contributed by atoms with Gasteiger partial charge in [0.1, 0.15) is 5.82 Å². The maximum Gasteiger partial charge on any atom is 0.416 e. The number of alkyl halides is 3. The summed E-state index contributed by atoms with van der Waals surface area (Å²) in [6, 6.07) is 12.8. The van der Waals surface area contributed by atoms with Crippen LogP contribution in [0, 0.1) is 13.8 Å². The van der Waals surface area contributed by atoms with Gasteiger partial charge >= 0.3 is 6.18 Å². The summed E-state index contributed by atoms with van der Waals surface area (Å²) in [5.41, 5.74) is 0.964. The zero-order chi connectivity index (χ0) is 19.6. The van der Waals surface area contributed by atoms with E-state index in [0.29, 0.717) is 11.0 Å². The molecule has 27 heavy (non-hydrogen) atoms. The van der Waals surface area contributed by atoms with E-state index in [0.717, 1.165) is 29.1 Å². The number of aliphatic hydroxyl groups is 1. The molecule has 1 aromatic heterocycles. The third-order valence-corrected chi connectivity index (χ3v) is 5.06. The van der Waals surface area contributed by atoms with Crippen LogP contribution < -0.4 is 0 Å². The van der Waals surface area contributed by atoms with Crippen LogP contribution in [0.3, 0.4) is 0 Å². The number of hydrogen-bond donors (Lipinski definition) is 1. The summed E-state index contributed by atoms with van der Waals surface area (Å²) < 4.78 is 41.3. The van der Waals surface area contributed by atoms with Gasteiger partial charge in [-0.25, -0.2) is 0 Å². The first-order chi connectivity index (χ1) is 12.8. The van der Waals surface area contributed by atoms with Crippen molar-refractivity contribution in [3.63, 3.8) is 0 Å². The number of rotatable bonds is 5. The first kappa shape index (κ1) is 19.4. The van der Waals surface area contributed by atoms with E-state index in [4.69, 9.17) is 0 Å². The molecule has 1 atom stereocenters. The number of aliphatic hydroxyl groups excluding tert-OH is 1. The van der Waals surface area contributed by atoms with E-state index < -0.39 is 17.8 Å². The Morgan fingerprint density at radius 3 is 2.52 bits per heavy atom. The van der Waals surface area contributed by atoms with Crippen LogP contribution in [0.4, 0.5) is 13.2 Å². The van der Waals surface area contributed by atoms with Crippen molar-refractivity contribution in [2.75, 3.05) is 5.75 Å². The van der Waals surface area contributed by atoms with Crippen molar-refractivity contribution in [2.24, 2.45) is 0 Å². The Morgan fingerprint density at radius 1 is 1.07 bits per heavy atom. The van der Waals surface area contributed by atoms with Gasteiger partial charge in [-0.15, -0.1) is 10.2 Å². The van der Waals surface area contributed by atoms with E-state index >= 15 is 0 Å². The minimum atomic E-state index is -4.51. The molecule has 1 N–H and O–H groups in total. The minimum absolute atomic E-state index is 0.0248. The number of nitrogens with zero attached hydrogens (tertiary/aromatic N) is 3. The molecular weight excluding hydrogens is 375 g/mol. The Labute approximate surface area is 159 Å². The van der Waals surface area contributed by atoms with E-state index in [1.54, 1.807) is 6.92 Å². The Kier molecular flexibility index (Phi) is 5.57. The summed E-state index contributed by atoms with van der Waals surface area (Å²) in [7, 11) is 0. The van der Waals surface area contributed by atoms with Gasteiger partial charge in [-0.1, -0.05) is 42.1 Å². The number of thioether (sulfide) groups is 1. The number of halogens is 3. The molecular formula is C19H18F3N3OS. The molecule has 0 bridgehead atoms. The Bertz CT molecular complexity index is 940. The molecule has 2 aromatic carbocycles. The van der Waals surface area contributed by atoms with Gasteiger partial charge in [-0.3, -0.25) is 4.57 Å². The van der Waals surface area contributed by atoms with E-state index in [9.17, 15) is 18.3 Å². The van der Waals surface area contributed by atoms with Crippen molar-refractivity contribution in [3.05, 3.63) is 71.0 Å². The lowest BCUT2D eigenvalue weighted by Gasteiger charge is -2.17. The molecule has 0 unspecified atom stereocenters. The molecule has 3 aromatic rings. The summed E-state index contributed by atoms with van der Waals surface area (Å²) in [5.74, 6) is 0.685. The first-order valence-electron chi connectivity index (χ1n) is 8.23. The second-order valence-electron chi connectivity index (χ2n) is 6.12. The van der Waals surface area contributed by atoms with Gasteiger partial charge in [0.2, 0.25) is 0 Å². The summed E-state index contributed by atoms with van der Waals surface area (Å²) in [4.78, 5) is 0. The van der Waals surface area contributed by atoms with Gasteiger partial charge in [0, 0.05) is 11.4 Å². The lowest BCUT2D eigenvalue weighted by molar-refractivity contribution is -0.139. The normalized spacial score (nSPS) is 13.0. The zero-order valence-corrected chi connectivity index (χ0v) is 15.6. The predicted octanol–water partition coefficient (Wildman–Crippen LogP) is 4.73. The average Bonchev–Trinajstić information content (AvgIpc) is 2.99. The molecule has 0 fully saturated rings. The number of aromatic nitrogens is 3. The maximum atomic E-state index is 13.2. The molecule has 1 heterocycles. The monoisotopic (exact) mass is 393 g/mol. The quantitative estimate of drug-likeness (QED) is 0.637. The molecule has 0 saturated heterocycles. The highest BCUT2D eigenvalue weighted by molar-refractivity contribution is 7.99. The van der Waals surface area contributed by atoms with Crippen LogP contribution in [0.15, 0.2) is 53.7 Å². The van der Waals surface area contributed by atoms with Crippen LogP contribution in [-0.4, -0.2) is 25.6 Å². The van der Waals surface area contributed by atoms with Crippen LogP contribution in [0.1, 0.15) is 28.6 Å². The fourth-order valence-corrected chi connectivity index (χ4v) is 3.74. The third kappa shape index (κ3) is 4.33. The highest BCUT2D eigenvalue weighted by Gasteiger charge is 2.34. The van der Waals surface area contributed by atoms with Crippen molar-refractivity contribution in [1.29, 1.82) is 0 Å². The van der Waals surface area contributed by atoms with Gasteiger partial charge in [-0.2, -0.15) is 13.2 Å². The average molecular weight is 393 g/mol. The van der Waals surface area contributed by atoms with Gasteiger partial charge in [-0.05, 0) is 43.2 Å².